The number of nitrogens with two attached hydrogens (primary N) is 1. The summed E-state index contributed by atoms with van der Waals surface area (Å²) < 4.78 is 10.9. The Bertz CT molecular complexity index is 779. The van der Waals surface area contributed by atoms with E-state index in [1.807, 2.05) is 11.0 Å². The molecule has 2 aliphatic rings. The molecular weight excluding hydrogens is 441 g/mol. The largest absolute Gasteiger partial charge is 0.453 e. The van der Waals surface area contributed by atoms with E-state index in [9.17, 15) is 9.59 Å². The van der Waals surface area contributed by atoms with Crippen molar-refractivity contribution < 1.29 is 19.1 Å². The molecule has 0 radical (unpaired) electrons. The van der Waals surface area contributed by atoms with Gasteiger partial charge in [-0.15, -0.1) is 0 Å². The number of carbonyl (C=O) groups is 2. The van der Waals surface area contributed by atoms with Crippen molar-refractivity contribution in [3.05, 3.63) is 33.8 Å². The van der Waals surface area contributed by atoms with Crippen LogP contribution in [0.5, 0.6) is 0 Å². The van der Waals surface area contributed by atoms with Crippen LogP contribution in [0, 0.1) is 5.92 Å². The van der Waals surface area contributed by atoms with Gasteiger partial charge in [0.25, 0.3) is 0 Å². The minimum absolute atomic E-state index is 0.0202. The Kier molecular flexibility index (Phi) is 8.84. The summed E-state index contributed by atoms with van der Waals surface area (Å²) in [5.41, 5.74) is 6.44. The smallest absolute Gasteiger partial charge is 0.409 e. The summed E-state index contributed by atoms with van der Waals surface area (Å²) in [5.74, 6) is 0.175. The van der Waals surface area contributed by atoms with E-state index in [0.29, 0.717) is 42.9 Å². The molecule has 1 aromatic carbocycles. The van der Waals surface area contributed by atoms with E-state index >= 15 is 0 Å². The minimum atomic E-state index is -0.376. The highest BCUT2D eigenvalue weighted by molar-refractivity contribution is 6.42. The highest BCUT2D eigenvalue weighted by atomic mass is 35.5. The summed E-state index contributed by atoms with van der Waals surface area (Å²) in [5, 5.41) is 0.899. The van der Waals surface area contributed by atoms with Gasteiger partial charge in [0.1, 0.15) is 0 Å². The number of nitrogens with zero attached hydrogens (tertiary/aromatic N) is 2. The predicted molar refractivity (Wildman–Crippen MR) is 120 cm³/mol. The Balaban J connectivity index is 1.79. The van der Waals surface area contributed by atoms with E-state index in [0.717, 1.165) is 31.2 Å². The molecule has 7 nitrogen and oxygen atoms in total. The molecule has 0 aromatic heterocycles. The standard InChI is InChI=1S/C22H31Cl2N3O4/c1-30-22(29)26-9-10-27(20(28)12-15-6-7-17(23)18(24)11-15)21-16(5-3-2-4-8-25)13-31-14-19(21)26/h6-7,11,16,19,21H,2-5,8-10,12-14,25H2,1H3/t16-,19+,21+/m0/s1. The van der Waals surface area contributed by atoms with Crippen LogP contribution in [0.1, 0.15) is 31.2 Å². The summed E-state index contributed by atoms with van der Waals surface area (Å²) in [6.07, 6.45) is 3.82. The molecule has 0 saturated carbocycles. The molecule has 2 saturated heterocycles. The number of methoxy groups -OCH3 is 1. The van der Waals surface area contributed by atoms with E-state index in [-0.39, 0.29) is 36.4 Å². The van der Waals surface area contributed by atoms with Gasteiger partial charge < -0.3 is 20.1 Å². The molecule has 2 N–H and O–H groups in total. The third kappa shape index (κ3) is 5.83. The lowest BCUT2D eigenvalue weighted by molar-refractivity contribution is -0.149. The second-order valence-electron chi connectivity index (χ2n) is 8.17. The molecule has 2 aliphatic heterocycles. The second-order valence-corrected chi connectivity index (χ2v) is 8.98. The van der Waals surface area contributed by atoms with Crippen LogP contribution in [0.4, 0.5) is 4.79 Å². The number of unbranched alkanes of at least 4 members (excludes halogenated alkanes) is 2. The number of hydrogen-bond acceptors (Lipinski definition) is 5. The fourth-order valence-corrected chi connectivity index (χ4v) is 4.98. The molecule has 3 rings (SSSR count). The van der Waals surface area contributed by atoms with Crippen molar-refractivity contribution >= 4 is 35.2 Å². The van der Waals surface area contributed by atoms with Gasteiger partial charge in [-0.05, 0) is 37.1 Å². The van der Waals surface area contributed by atoms with Crippen LogP contribution < -0.4 is 5.73 Å². The molecule has 172 valence electrons. The maximum atomic E-state index is 13.3. The zero-order valence-corrected chi connectivity index (χ0v) is 19.4. The number of halogens is 2. The highest BCUT2D eigenvalue weighted by Gasteiger charge is 2.47. The first-order valence-corrected chi connectivity index (χ1v) is 11.6. The average Bonchev–Trinajstić information content (AvgIpc) is 2.78. The van der Waals surface area contributed by atoms with E-state index in [4.69, 9.17) is 38.4 Å². The molecular formula is C22H31Cl2N3O4. The van der Waals surface area contributed by atoms with Gasteiger partial charge in [-0.3, -0.25) is 9.69 Å². The van der Waals surface area contributed by atoms with E-state index < -0.39 is 0 Å². The SMILES string of the molecule is COC(=O)N1CCN(C(=O)Cc2ccc(Cl)c(Cl)c2)[C@@H]2[C@@H](CCCCCN)COC[C@H]21. The predicted octanol–water partition coefficient (Wildman–Crippen LogP) is 3.35. The summed E-state index contributed by atoms with van der Waals surface area (Å²) in [7, 11) is 1.38. The maximum Gasteiger partial charge on any atom is 0.409 e. The summed E-state index contributed by atoms with van der Waals surface area (Å²) in [4.78, 5) is 29.4. The minimum Gasteiger partial charge on any atom is -0.453 e. The third-order valence-corrected chi connectivity index (χ3v) is 6.93. The van der Waals surface area contributed by atoms with Gasteiger partial charge in [-0.1, -0.05) is 42.1 Å². The molecule has 0 unspecified atom stereocenters. The van der Waals surface area contributed by atoms with E-state index in [1.54, 1.807) is 17.0 Å². The zero-order valence-electron chi connectivity index (χ0n) is 17.9. The van der Waals surface area contributed by atoms with Gasteiger partial charge in [-0.25, -0.2) is 4.79 Å². The molecule has 2 fully saturated rings. The first-order valence-electron chi connectivity index (χ1n) is 10.8. The second kappa shape index (κ2) is 11.4. The van der Waals surface area contributed by atoms with Crippen molar-refractivity contribution in [2.45, 2.75) is 44.2 Å². The van der Waals surface area contributed by atoms with Gasteiger partial charge >= 0.3 is 6.09 Å². The van der Waals surface area contributed by atoms with E-state index in [2.05, 4.69) is 0 Å². The van der Waals surface area contributed by atoms with Crippen molar-refractivity contribution in [1.82, 2.24) is 9.80 Å². The Hall–Kier alpha value is -1.54. The lowest BCUT2D eigenvalue weighted by Gasteiger charge is -2.52. The number of hydrogen-bond donors (Lipinski definition) is 1. The molecule has 2 heterocycles. The third-order valence-electron chi connectivity index (χ3n) is 6.19. The fourth-order valence-electron chi connectivity index (χ4n) is 4.66. The van der Waals surface area contributed by atoms with Gasteiger partial charge in [0.05, 0.1) is 48.9 Å². The molecule has 1 aromatic rings. The van der Waals surface area contributed by atoms with Crippen LogP contribution in [-0.4, -0.2) is 73.8 Å². The number of rotatable bonds is 7. The Morgan fingerprint density at radius 1 is 1.13 bits per heavy atom. The van der Waals surface area contributed by atoms with Crippen LogP contribution in [0.25, 0.3) is 0 Å². The number of amides is 2. The number of benzene rings is 1. The molecule has 0 spiro atoms. The van der Waals surface area contributed by atoms with Crippen LogP contribution in [0.15, 0.2) is 18.2 Å². The van der Waals surface area contributed by atoms with Crippen LogP contribution in [0.3, 0.4) is 0 Å². The Morgan fingerprint density at radius 3 is 2.61 bits per heavy atom. The first kappa shape index (κ1) is 24.1. The topological polar surface area (TPSA) is 85.1 Å². The Morgan fingerprint density at radius 2 is 1.90 bits per heavy atom. The molecule has 3 atom stereocenters. The lowest BCUT2D eigenvalue weighted by atomic mass is 9.84. The van der Waals surface area contributed by atoms with E-state index in [1.165, 1.54) is 7.11 Å². The zero-order chi connectivity index (χ0) is 22.4. The fraction of sp³-hybridized carbons (Fsp3) is 0.636. The Labute approximate surface area is 193 Å². The van der Waals surface area contributed by atoms with Crippen molar-refractivity contribution in [2.75, 3.05) is 40.0 Å². The van der Waals surface area contributed by atoms with Crippen LogP contribution in [-0.2, 0) is 20.7 Å². The van der Waals surface area contributed by atoms with Crippen LogP contribution in [0.2, 0.25) is 10.0 Å². The first-order chi connectivity index (χ1) is 15.0. The highest BCUT2D eigenvalue weighted by Crippen LogP contribution is 2.32. The maximum absolute atomic E-state index is 13.3. The molecule has 0 bridgehead atoms. The lowest BCUT2D eigenvalue weighted by Crippen LogP contribution is -2.68. The van der Waals surface area contributed by atoms with Gasteiger partial charge in [0.2, 0.25) is 5.91 Å². The summed E-state index contributed by atoms with van der Waals surface area (Å²) >= 11 is 12.1. The average molecular weight is 472 g/mol. The molecule has 2 amide bonds. The van der Waals surface area contributed by atoms with Crippen molar-refractivity contribution in [1.29, 1.82) is 0 Å². The number of fused-ring (bicyclic) bond motifs is 1. The summed E-state index contributed by atoms with van der Waals surface area (Å²) in [6.45, 7) is 2.54. The number of piperazine rings is 1. The normalized spacial score (nSPS) is 23.4. The molecule has 0 aliphatic carbocycles. The van der Waals surface area contributed by atoms with Crippen molar-refractivity contribution in [3.63, 3.8) is 0 Å². The number of ether oxygens (including phenoxy) is 2. The quantitative estimate of drug-likeness (QED) is 0.616. The van der Waals surface area contributed by atoms with Gasteiger partial charge in [-0.2, -0.15) is 0 Å². The van der Waals surface area contributed by atoms with Gasteiger partial charge in [0, 0.05) is 19.0 Å². The molecule has 31 heavy (non-hydrogen) atoms. The monoisotopic (exact) mass is 471 g/mol. The summed E-state index contributed by atoms with van der Waals surface area (Å²) in [6, 6.07) is 4.95. The van der Waals surface area contributed by atoms with Crippen LogP contribution >= 0.6 is 23.2 Å². The molecule has 9 heteroatoms. The van der Waals surface area contributed by atoms with Gasteiger partial charge in [0.15, 0.2) is 0 Å². The van der Waals surface area contributed by atoms with Crippen molar-refractivity contribution in [2.24, 2.45) is 11.7 Å². The number of carbonyl (C=O) groups excluding carboxylic acids is 2. The van der Waals surface area contributed by atoms with Crippen molar-refractivity contribution in [3.8, 4) is 0 Å².